The van der Waals surface area contributed by atoms with Crippen LogP contribution < -0.4 is 10.2 Å². The van der Waals surface area contributed by atoms with Gasteiger partial charge in [-0.3, -0.25) is 0 Å². The summed E-state index contributed by atoms with van der Waals surface area (Å²) in [7, 11) is 0. The zero-order valence-electron chi connectivity index (χ0n) is 13.4. The van der Waals surface area contributed by atoms with Crippen LogP contribution in [0, 0.1) is 0 Å². The van der Waals surface area contributed by atoms with Gasteiger partial charge in [0.1, 0.15) is 12.1 Å². The van der Waals surface area contributed by atoms with Crippen molar-refractivity contribution in [2.75, 3.05) is 18.0 Å². The molecule has 1 N–H and O–H groups in total. The normalized spacial score (nSPS) is 22.1. The van der Waals surface area contributed by atoms with Crippen molar-refractivity contribution in [1.29, 1.82) is 0 Å². The predicted molar refractivity (Wildman–Crippen MR) is 86.8 cm³/mol. The van der Waals surface area contributed by atoms with Crippen molar-refractivity contribution < 1.29 is 0 Å². The smallest absolute Gasteiger partial charge is 0.135 e. The molecule has 21 heavy (non-hydrogen) atoms. The number of hydrogen-bond donors (Lipinski definition) is 1. The standard InChI is InChI=1S/C17H28N4/c1-13(2)21(11-14-7-6-10-18-14)17-15-8-4-3-5-9-16(15)19-12-20-17/h12-14,18H,3-11H2,1-2H3. The van der Waals surface area contributed by atoms with Crippen LogP contribution in [0.15, 0.2) is 6.33 Å². The van der Waals surface area contributed by atoms with Crippen molar-refractivity contribution in [2.24, 2.45) is 0 Å². The quantitative estimate of drug-likeness (QED) is 0.865. The molecule has 1 unspecified atom stereocenters. The molecule has 0 bridgehead atoms. The Balaban J connectivity index is 1.87. The number of hydrogen-bond acceptors (Lipinski definition) is 4. The average molecular weight is 288 g/mol. The lowest BCUT2D eigenvalue weighted by Gasteiger charge is -2.32. The van der Waals surface area contributed by atoms with E-state index in [2.05, 4.69) is 34.0 Å². The topological polar surface area (TPSA) is 41.0 Å². The number of anilines is 1. The molecule has 4 nitrogen and oxygen atoms in total. The first-order chi connectivity index (χ1) is 10.3. The van der Waals surface area contributed by atoms with E-state index >= 15 is 0 Å². The first-order valence-corrected chi connectivity index (χ1v) is 8.58. The Kier molecular flexibility index (Phi) is 4.73. The van der Waals surface area contributed by atoms with Crippen LogP contribution in [0.5, 0.6) is 0 Å². The minimum absolute atomic E-state index is 0.481. The maximum atomic E-state index is 4.68. The van der Waals surface area contributed by atoms with Crippen LogP contribution in [-0.4, -0.2) is 35.1 Å². The Hall–Kier alpha value is -1.16. The minimum atomic E-state index is 0.481. The number of rotatable bonds is 4. The van der Waals surface area contributed by atoms with Crippen LogP contribution in [0.25, 0.3) is 0 Å². The van der Waals surface area contributed by atoms with Gasteiger partial charge in [-0.05, 0) is 58.9 Å². The summed E-state index contributed by atoms with van der Waals surface area (Å²) in [6.45, 7) is 6.79. The van der Waals surface area contributed by atoms with Gasteiger partial charge in [0, 0.05) is 29.9 Å². The van der Waals surface area contributed by atoms with E-state index in [9.17, 15) is 0 Å². The third kappa shape index (κ3) is 3.37. The fraction of sp³-hybridized carbons (Fsp3) is 0.765. The summed E-state index contributed by atoms with van der Waals surface area (Å²) >= 11 is 0. The molecule has 0 saturated carbocycles. The maximum Gasteiger partial charge on any atom is 0.135 e. The number of fused-ring (bicyclic) bond motifs is 1. The van der Waals surface area contributed by atoms with E-state index in [1.165, 1.54) is 55.7 Å². The number of nitrogens with one attached hydrogen (secondary N) is 1. The van der Waals surface area contributed by atoms with E-state index in [1.54, 1.807) is 6.33 Å². The molecule has 2 heterocycles. The second kappa shape index (κ2) is 6.73. The number of nitrogens with zero attached hydrogens (tertiary/aromatic N) is 3. The van der Waals surface area contributed by atoms with Gasteiger partial charge in [0.05, 0.1) is 0 Å². The SMILES string of the molecule is CC(C)N(CC1CCCN1)c1ncnc2c1CCCCC2. The molecule has 0 spiro atoms. The van der Waals surface area contributed by atoms with E-state index < -0.39 is 0 Å². The van der Waals surface area contributed by atoms with Gasteiger partial charge in [0.2, 0.25) is 0 Å². The zero-order valence-corrected chi connectivity index (χ0v) is 13.4. The van der Waals surface area contributed by atoms with Gasteiger partial charge in [0.25, 0.3) is 0 Å². The fourth-order valence-corrected chi connectivity index (χ4v) is 3.62. The summed E-state index contributed by atoms with van der Waals surface area (Å²) in [4.78, 5) is 11.7. The highest BCUT2D eigenvalue weighted by atomic mass is 15.2. The molecule has 1 saturated heterocycles. The Bertz CT molecular complexity index is 466. The van der Waals surface area contributed by atoms with Crippen LogP contribution in [0.1, 0.15) is 57.2 Å². The zero-order chi connectivity index (χ0) is 14.7. The predicted octanol–water partition coefficient (Wildman–Crippen LogP) is 2.71. The molecule has 1 aliphatic heterocycles. The Morgan fingerprint density at radius 2 is 2.05 bits per heavy atom. The maximum absolute atomic E-state index is 4.68. The molecule has 0 amide bonds. The fourth-order valence-electron chi connectivity index (χ4n) is 3.62. The van der Waals surface area contributed by atoms with Crippen LogP contribution in [-0.2, 0) is 12.8 Å². The number of aromatic nitrogens is 2. The molecule has 1 atom stereocenters. The molecule has 1 aromatic rings. The lowest BCUT2D eigenvalue weighted by Crippen LogP contribution is -2.42. The minimum Gasteiger partial charge on any atom is -0.352 e. The molecule has 2 aliphatic rings. The highest BCUT2D eigenvalue weighted by molar-refractivity contribution is 5.50. The Labute approximate surface area is 128 Å². The van der Waals surface area contributed by atoms with Crippen LogP contribution in [0.2, 0.25) is 0 Å². The lowest BCUT2D eigenvalue weighted by atomic mass is 10.1. The first-order valence-electron chi connectivity index (χ1n) is 8.58. The molecule has 1 fully saturated rings. The molecule has 0 aromatic carbocycles. The van der Waals surface area contributed by atoms with E-state index in [4.69, 9.17) is 0 Å². The molecule has 1 aliphatic carbocycles. The van der Waals surface area contributed by atoms with Crippen LogP contribution in [0.4, 0.5) is 5.82 Å². The van der Waals surface area contributed by atoms with Gasteiger partial charge < -0.3 is 10.2 Å². The van der Waals surface area contributed by atoms with Crippen molar-refractivity contribution in [3.8, 4) is 0 Å². The molecule has 4 heteroatoms. The van der Waals surface area contributed by atoms with Gasteiger partial charge in [0.15, 0.2) is 0 Å². The average Bonchev–Trinajstić information content (AvgIpc) is 2.87. The Morgan fingerprint density at radius 1 is 1.19 bits per heavy atom. The van der Waals surface area contributed by atoms with E-state index in [-0.39, 0.29) is 0 Å². The van der Waals surface area contributed by atoms with Crippen molar-refractivity contribution in [3.05, 3.63) is 17.6 Å². The third-order valence-electron chi connectivity index (χ3n) is 4.83. The summed E-state index contributed by atoms with van der Waals surface area (Å²) in [6.07, 6.45) is 10.5. The molecule has 116 valence electrons. The lowest BCUT2D eigenvalue weighted by molar-refractivity contribution is 0.546. The third-order valence-corrected chi connectivity index (χ3v) is 4.83. The van der Waals surface area contributed by atoms with E-state index in [1.807, 2.05) is 0 Å². The van der Waals surface area contributed by atoms with E-state index in [0.717, 1.165) is 19.4 Å². The van der Waals surface area contributed by atoms with E-state index in [0.29, 0.717) is 12.1 Å². The highest BCUT2D eigenvalue weighted by Crippen LogP contribution is 2.28. The van der Waals surface area contributed by atoms with Gasteiger partial charge in [-0.15, -0.1) is 0 Å². The second-order valence-corrected chi connectivity index (χ2v) is 6.72. The van der Waals surface area contributed by atoms with Crippen molar-refractivity contribution >= 4 is 5.82 Å². The van der Waals surface area contributed by atoms with Gasteiger partial charge in [-0.25, -0.2) is 9.97 Å². The summed E-state index contributed by atoms with van der Waals surface area (Å²) in [5, 5.41) is 3.62. The van der Waals surface area contributed by atoms with Gasteiger partial charge >= 0.3 is 0 Å². The van der Waals surface area contributed by atoms with Gasteiger partial charge in [-0.1, -0.05) is 6.42 Å². The molecular weight excluding hydrogens is 260 g/mol. The van der Waals surface area contributed by atoms with Crippen molar-refractivity contribution in [2.45, 2.75) is 70.9 Å². The first kappa shape index (κ1) is 14.8. The Morgan fingerprint density at radius 3 is 2.81 bits per heavy atom. The summed E-state index contributed by atoms with van der Waals surface area (Å²) in [6, 6.07) is 1.10. The molecule has 1 aromatic heterocycles. The molecule has 0 radical (unpaired) electrons. The van der Waals surface area contributed by atoms with Gasteiger partial charge in [-0.2, -0.15) is 0 Å². The monoisotopic (exact) mass is 288 g/mol. The highest BCUT2D eigenvalue weighted by Gasteiger charge is 2.24. The van der Waals surface area contributed by atoms with Crippen LogP contribution >= 0.6 is 0 Å². The second-order valence-electron chi connectivity index (χ2n) is 6.72. The summed E-state index contributed by atoms with van der Waals surface area (Å²) < 4.78 is 0. The summed E-state index contributed by atoms with van der Waals surface area (Å²) in [5.41, 5.74) is 2.71. The largest absolute Gasteiger partial charge is 0.352 e. The number of aryl methyl sites for hydroxylation is 1. The van der Waals surface area contributed by atoms with Crippen molar-refractivity contribution in [3.63, 3.8) is 0 Å². The summed E-state index contributed by atoms with van der Waals surface area (Å²) in [5.74, 6) is 1.20. The van der Waals surface area contributed by atoms with Crippen LogP contribution in [0.3, 0.4) is 0 Å². The molecule has 3 rings (SSSR count). The van der Waals surface area contributed by atoms with Crippen molar-refractivity contribution in [1.82, 2.24) is 15.3 Å². The molecular formula is C17H28N4.